The fourth-order valence-corrected chi connectivity index (χ4v) is 2.81. The summed E-state index contributed by atoms with van der Waals surface area (Å²) in [6.45, 7) is 0.701. The lowest BCUT2D eigenvalue weighted by molar-refractivity contribution is -0.123. The smallest absolute Gasteiger partial charge is 0.157 e. The first-order valence-corrected chi connectivity index (χ1v) is 7.04. The van der Waals surface area contributed by atoms with Crippen LogP contribution in [0.2, 0.25) is 0 Å². The van der Waals surface area contributed by atoms with E-state index in [4.69, 9.17) is 14.2 Å². The third-order valence-electron chi connectivity index (χ3n) is 3.92. The van der Waals surface area contributed by atoms with Crippen molar-refractivity contribution in [3.8, 4) is 0 Å². The van der Waals surface area contributed by atoms with Gasteiger partial charge in [-0.25, -0.2) is 0 Å². The summed E-state index contributed by atoms with van der Waals surface area (Å²) < 4.78 is 16.7. The first kappa shape index (κ1) is 14.5. The number of methoxy groups -OCH3 is 2. The van der Waals surface area contributed by atoms with Crippen LogP contribution >= 0.6 is 0 Å². The molecule has 1 fully saturated rings. The van der Waals surface area contributed by atoms with Gasteiger partial charge in [-0.15, -0.1) is 0 Å². The second kappa shape index (κ2) is 7.63. The molecule has 2 atom stereocenters. The van der Waals surface area contributed by atoms with E-state index in [1.165, 1.54) is 18.4 Å². The standard InChI is InChI=1S/C16H24O3/c1-17-16(18-2)11-14-9-6-10-15(14)19-12-13-7-4-3-5-8-13/h3-5,7-8,14-16H,6,9-12H2,1-2H3/t14-,15+/m1/s1. The van der Waals surface area contributed by atoms with Crippen LogP contribution in [-0.2, 0) is 20.8 Å². The molecule has 1 aromatic rings. The first-order chi connectivity index (χ1) is 9.33. The topological polar surface area (TPSA) is 27.7 Å². The second-order valence-corrected chi connectivity index (χ2v) is 5.16. The van der Waals surface area contributed by atoms with Gasteiger partial charge in [-0.05, 0) is 24.3 Å². The summed E-state index contributed by atoms with van der Waals surface area (Å²) in [5.41, 5.74) is 1.24. The first-order valence-electron chi connectivity index (χ1n) is 7.04. The maximum absolute atomic E-state index is 6.08. The molecule has 0 radical (unpaired) electrons. The van der Waals surface area contributed by atoms with Gasteiger partial charge in [0.05, 0.1) is 12.7 Å². The molecular weight excluding hydrogens is 240 g/mol. The van der Waals surface area contributed by atoms with E-state index in [1.807, 2.05) is 6.07 Å². The molecule has 0 bridgehead atoms. The Morgan fingerprint density at radius 2 is 1.84 bits per heavy atom. The maximum Gasteiger partial charge on any atom is 0.157 e. The molecule has 1 aliphatic carbocycles. The lowest BCUT2D eigenvalue weighted by Crippen LogP contribution is -2.25. The molecule has 0 spiro atoms. The lowest BCUT2D eigenvalue weighted by Gasteiger charge is -2.23. The highest BCUT2D eigenvalue weighted by Crippen LogP contribution is 2.32. The molecule has 0 amide bonds. The van der Waals surface area contributed by atoms with Crippen molar-refractivity contribution in [3.63, 3.8) is 0 Å². The summed E-state index contributed by atoms with van der Waals surface area (Å²) in [5, 5.41) is 0. The molecule has 0 unspecified atom stereocenters. The van der Waals surface area contributed by atoms with Crippen molar-refractivity contribution in [2.45, 2.75) is 44.7 Å². The molecule has 19 heavy (non-hydrogen) atoms. The Kier molecular flexibility index (Phi) is 5.83. The van der Waals surface area contributed by atoms with Gasteiger partial charge in [-0.1, -0.05) is 36.8 Å². The van der Waals surface area contributed by atoms with Crippen LogP contribution in [0.1, 0.15) is 31.2 Å². The van der Waals surface area contributed by atoms with Gasteiger partial charge >= 0.3 is 0 Å². The molecule has 0 N–H and O–H groups in total. The van der Waals surface area contributed by atoms with Gasteiger partial charge in [0.1, 0.15) is 0 Å². The van der Waals surface area contributed by atoms with Crippen molar-refractivity contribution in [1.82, 2.24) is 0 Å². The number of ether oxygens (including phenoxy) is 3. The quantitative estimate of drug-likeness (QED) is 0.707. The van der Waals surface area contributed by atoms with Gasteiger partial charge in [0.15, 0.2) is 6.29 Å². The summed E-state index contributed by atoms with van der Waals surface area (Å²) >= 11 is 0. The van der Waals surface area contributed by atoms with Crippen LogP contribution in [0, 0.1) is 5.92 Å². The second-order valence-electron chi connectivity index (χ2n) is 5.16. The van der Waals surface area contributed by atoms with Crippen LogP contribution in [0.15, 0.2) is 30.3 Å². The van der Waals surface area contributed by atoms with Gasteiger partial charge < -0.3 is 14.2 Å². The fourth-order valence-electron chi connectivity index (χ4n) is 2.81. The molecule has 106 valence electrons. The van der Waals surface area contributed by atoms with Gasteiger partial charge in [0, 0.05) is 20.6 Å². The maximum atomic E-state index is 6.08. The van der Waals surface area contributed by atoms with Gasteiger partial charge in [0.25, 0.3) is 0 Å². The number of hydrogen-bond donors (Lipinski definition) is 0. The molecule has 2 rings (SSSR count). The molecule has 0 heterocycles. The minimum absolute atomic E-state index is 0.106. The van der Waals surface area contributed by atoms with E-state index in [1.54, 1.807) is 14.2 Å². The highest BCUT2D eigenvalue weighted by molar-refractivity contribution is 5.13. The molecule has 1 aromatic carbocycles. The minimum atomic E-state index is -0.106. The van der Waals surface area contributed by atoms with E-state index >= 15 is 0 Å². The number of hydrogen-bond acceptors (Lipinski definition) is 3. The van der Waals surface area contributed by atoms with Crippen LogP contribution in [0.25, 0.3) is 0 Å². The van der Waals surface area contributed by atoms with E-state index in [9.17, 15) is 0 Å². The summed E-state index contributed by atoms with van der Waals surface area (Å²) in [6, 6.07) is 10.4. The molecule has 1 aliphatic rings. The van der Waals surface area contributed by atoms with E-state index < -0.39 is 0 Å². The Morgan fingerprint density at radius 1 is 1.11 bits per heavy atom. The third kappa shape index (κ3) is 4.30. The van der Waals surface area contributed by atoms with Crippen molar-refractivity contribution in [3.05, 3.63) is 35.9 Å². The molecule has 0 aromatic heterocycles. The fraction of sp³-hybridized carbons (Fsp3) is 0.625. The lowest BCUT2D eigenvalue weighted by atomic mass is 10.0. The molecule has 0 saturated heterocycles. The van der Waals surface area contributed by atoms with Crippen molar-refractivity contribution < 1.29 is 14.2 Å². The minimum Gasteiger partial charge on any atom is -0.373 e. The predicted octanol–water partition coefficient (Wildman–Crippen LogP) is 3.38. The largest absolute Gasteiger partial charge is 0.373 e. The average molecular weight is 264 g/mol. The zero-order chi connectivity index (χ0) is 13.5. The SMILES string of the molecule is COC(C[C@H]1CCC[C@@H]1OCc1ccccc1)OC. The zero-order valence-electron chi connectivity index (χ0n) is 11.9. The summed E-state index contributed by atoms with van der Waals surface area (Å²) in [6.07, 6.45) is 4.76. The highest BCUT2D eigenvalue weighted by Gasteiger charge is 2.30. The van der Waals surface area contributed by atoms with E-state index in [2.05, 4.69) is 24.3 Å². The molecular formula is C16H24O3. The monoisotopic (exact) mass is 264 g/mol. The normalized spacial score (nSPS) is 23.1. The zero-order valence-corrected chi connectivity index (χ0v) is 11.9. The Hall–Kier alpha value is -0.900. The van der Waals surface area contributed by atoms with Crippen molar-refractivity contribution in [2.24, 2.45) is 5.92 Å². The van der Waals surface area contributed by atoms with E-state index in [0.717, 1.165) is 12.8 Å². The van der Waals surface area contributed by atoms with Crippen molar-refractivity contribution in [1.29, 1.82) is 0 Å². The Balaban J connectivity index is 1.82. The van der Waals surface area contributed by atoms with Crippen LogP contribution in [-0.4, -0.2) is 26.6 Å². The van der Waals surface area contributed by atoms with E-state index in [0.29, 0.717) is 18.6 Å². The highest BCUT2D eigenvalue weighted by atomic mass is 16.7. The predicted molar refractivity (Wildman–Crippen MR) is 74.8 cm³/mol. The van der Waals surface area contributed by atoms with Gasteiger partial charge in [-0.2, -0.15) is 0 Å². The van der Waals surface area contributed by atoms with Crippen LogP contribution < -0.4 is 0 Å². The van der Waals surface area contributed by atoms with Crippen LogP contribution in [0.4, 0.5) is 0 Å². The number of rotatable bonds is 7. The molecule has 0 aliphatic heterocycles. The molecule has 3 heteroatoms. The van der Waals surface area contributed by atoms with E-state index in [-0.39, 0.29) is 6.29 Å². The van der Waals surface area contributed by atoms with Gasteiger partial charge in [-0.3, -0.25) is 0 Å². The summed E-state index contributed by atoms with van der Waals surface area (Å²) in [5.74, 6) is 0.550. The Labute approximate surface area is 115 Å². The Morgan fingerprint density at radius 3 is 2.53 bits per heavy atom. The van der Waals surface area contributed by atoms with Crippen molar-refractivity contribution in [2.75, 3.05) is 14.2 Å². The average Bonchev–Trinajstić information content (AvgIpc) is 2.91. The Bertz CT molecular complexity index is 348. The van der Waals surface area contributed by atoms with Crippen molar-refractivity contribution >= 4 is 0 Å². The van der Waals surface area contributed by atoms with Gasteiger partial charge in [0.2, 0.25) is 0 Å². The molecule has 3 nitrogen and oxygen atoms in total. The summed E-state index contributed by atoms with van der Waals surface area (Å²) in [7, 11) is 3.39. The molecule has 1 saturated carbocycles. The number of benzene rings is 1. The van der Waals surface area contributed by atoms with Crippen LogP contribution in [0.5, 0.6) is 0 Å². The third-order valence-corrected chi connectivity index (χ3v) is 3.92. The van der Waals surface area contributed by atoms with Crippen LogP contribution in [0.3, 0.4) is 0 Å². The summed E-state index contributed by atoms with van der Waals surface area (Å²) in [4.78, 5) is 0.